The summed E-state index contributed by atoms with van der Waals surface area (Å²) in [5.74, 6) is 0. The summed E-state index contributed by atoms with van der Waals surface area (Å²) >= 11 is 10.5. The van der Waals surface area contributed by atoms with Crippen LogP contribution in [0.2, 0.25) is 0 Å². The van der Waals surface area contributed by atoms with Gasteiger partial charge in [0.15, 0.2) is 0 Å². The van der Waals surface area contributed by atoms with E-state index >= 15 is 0 Å². The van der Waals surface area contributed by atoms with Crippen LogP contribution in [0.1, 0.15) is 16.7 Å². The summed E-state index contributed by atoms with van der Waals surface area (Å²) in [5, 5.41) is 0. The average molecular weight is 185 g/mol. The van der Waals surface area contributed by atoms with E-state index in [4.69, 9.17) is 23.8 Å². The van der Waals surface area contributed by atoms with Gasteiger partial charge in [0.2, 0.25) is 0 Å². The van der Waals surface area contributed by atoms with E-state index in [1.807, 2.05) is 25.1 Å². The van der Waals surface area contributed by atoms with Crippen molar-refractivity contribution in [1.82, 2.24) is 0 Å². The Kier molecular flexibility index (Phi) is 2.63. The molecule has 0 aliphatic carbocycles. The summed E-state index contributed by atoms with van der Waals surface area (Å²) in [4.78, 5) is 0. The zero-order valence-corrected chi connectivity index (χ0v) is 8.09. The van der Waals surface area contributed by atoms with Crippen LogP contribution >= 0.6 is 23.8 Å². The van der Waals surface area contributed by atoms with Gasteiger partial charge in [0.05, 0.1) is 0 Å². The highest BCUT2D eigenvalue weighted by Gasteiger charge is 1.98. The molecule has 2 heteroatoms. The van der Waals surface area contributed by atoms with Gasteiger partial charge >= 0.3 is 0 Å². The molecule has 0 amide bonds. The minimum absolute atomic E-state index is 0.438. The van der Waals surface area contributed by atoms with E-state index in [1.165, 1.54) is 11.1 Å². The van der Waals surface area contributed by atoms with E-state index in [0.29, 0.717) is 4.32 Å². The summed E-state index contributed by atoms with van der Waals surface area (Å²) < 4.78 is 0.438. The van der Waals surface area contributed by atoms with Crippen LogP contribution in [0, 0.1) is 13.8 Å². The number of hydrogen-bond donors (Lipinski definition) is 0. The molecule has 58 valence electrons. The maximum Gasteiger partial charge on any atom is 0.111 e. The normalized spacial score (nSPS) is 9.73. The third-order valence-electron chi connectivity index (χ3n) is 1.73. The van der Waals surface area contributed by atoms with Crippen molar-refractivity contribution >= 4 is 28.1 Å². The highest BCUT2D eigenvalue weighted by molar-refractivity contribution is 7.83. The van der Waals surface area contributed by atoms with Crippen molar-refractivity contribution in [2.75, 3.05) is 0 Å². The number of halogens is 1. The Bertz CT molecular complexity index is 292. The molecule has 0 heterocycles. The highest BCUT2D eigenvalue weighted by atomic mass is 35.5. The molecule has 0 atom stereocenters. The minimum Gasteiger partial charge on any atom is -0.0709 e. The lowest BCUT2D eigenvalue weighted by atomic mass is 10.1. The Morgan fingerprint density at radius 2 is 1.91 bits per heavy atom. The molecule has 0 spiro atoms. The fourth-order valence-corrected chi connectivity index (χ4v) is 1.11. The molecule has 0 fully saturated rings. The Morgan fingerprint density at radius 1 is 1.27 bits per heavy atom. The first-order chi connectivity index (χ1) is 5.11. The van der Waals surface area contributed by atoms with E-state index in [0.717, 1.165) is 5.56 Å². The maximum atomic E-state index is 5.66. The fraction of sp³-hybridized carbons (Fsp3) is 0.222. The van der Waals surface area contributed by atoms with Gasteiger partial charge in [-0.1, -0.05) is 36.0 Å². The van der Waals surface area contributed by atoms with E-state index < -0.39 is 0 Å². The summed E-state index contributed by atoms with van der Waals surface area (Å²) in [6.45, 7) is 4.12. The van der Waals surface area contributed by atoms with Crippen LogP contribution in [0.5, 0.6) is 0 Å². The molecule has 0 saturated carbocycles. The third-order valence-corrected chi connectivity index (χ3v) is 2.19. The van der Waals surface area contributed by atoms with Crippen LogP contribution in [0.25, 0.3) is 0 Å². The number of benzene rings is 1. The van der Waals surface area contributed by atoms with Crippen LogP contribution in [0.3, 0.4) is 0 Å². The number of thiocarbonyl (C=S) groups is 1. The third kappa shape index (κ3) is 2.01. The van der Waals surface area contributed by atoms with Crippen molar-refractivity contribution in [3.63, 3.8) is 0 Å². The molecule has 0 aromatic heterocycles. The van der Waals surface area contributed by atoms with Gasteiger partial charge in [-0.05, 0) is 31.0 Å². The summed E-state index contributed by atoms with van der Waals surface area (Å²) in [7, 11) is 0. The standard InChI is InChI=1S/C9H9ClS/c1-6-3-4-8(9(10)11)5-7(6)2/h3-5H,1-2H3. The van der Waals surface area contributed by atoms with Gasteiger partial charge in [0.1, 0.15) is 4.32 Å². The van der Waals surface area contributed by atoms with Crippen LogP contribution < -0.4 is 0 Å². The molecule has 1 aromatic rings. The Morgan fingerprint density at radius 3 is 2.36 bits per heavy atom. The first-order valence-electron chi connectivity index (χ1n) is 3.38. The van der Waals surface area contributed by atoms with Gasteiger partial charge in [0, 0.05) is 5.56 Å². The highest BCUT2D eigenvalue weighted by Crippen LogP contribution is 2.12. The number of rotatable bonds is 1. The van der Waals surface area contributed by atoms with Gasteiger partial charge in [-0.3, -0.25) is 0 Å². The molecule has 1 aromatic carbocycles. The first-order valence-corrected chi connectivity index (χ1v) is 4.17. The lowest BCUT2D eigenvalue weighted by Crippen LogP contribution is -1.89. The molecule has 1 rings (SSSR count). The van der Waals surface area contributed by atoms with Crippen molar-refractivity contribution < 1.29 is 0 Å². The fourth-order valence-electron chi connectivity index (χ4n) is 0.864. The molecule has 0 aliphatic rings. The smallest absolute Gasteiger partial charge is 0.0709 e. The molecule has 11 heavy (non-hydrogen) atoms. The van der Waals surface area contributed by atoms with Gasteiger partial charge < -0.3 is 0 Å². The van der Waals surface area contributed by atoms with Gasteiger partial charge in [-0.25, -0.2) is 0 Å². The van der Waals surface area contributed by atoms with Gasteiger partial charge in [-0.15, -0.1) is 0 Å². The molecule has 0 saturated heterocycles. The Hall–Kier alpha value is -0.400. The quantitative estimate of drug-likeness (QED) is 0.477. The van der Waals surface area contributed by atoms with Crippen molar-refractivity contribution in [1.29, 1.82) is 0 Å². The van der Waals surface area contributed by atoms with Crippen molar-refractivity contribution in [2.45, 2.75) is 13.8 Å². The van der Waals surface area contributed by atoms with Crippen LogP contribution in [-0.2, 0) is 0 Å². The zero-order chi connectivity index (χ0) is 8.43. The monoisotopic (exact) mass is 184 g/mol. The predicted molar refractivity (Wildman–Crippen MR) is 53.5 cm³/mol. The Labute approximate surface area is 77.2 Å². The van der Waals surface area contributed by atoms with E-state index in [-0.39, 0.29) is 0 Å². The summed E-state index contributed by atoms with van der Waals surface area (Å²) in [6.07, 6.45) is 0. The van der Waals surface area contributed by atoms with Crippen LogP contribution in [0.4, 0.5) is 0 Å². The van der Waals surface area contributed by atoms with E-state index in [1.54, 1.807) is 0 Å². The molecule has 0 N–H and O–H groups in total. The number of hydrogen-bond acceptors (Lipinski definition) is 1. The van der Waals surface area contributed by atoms with Gasteiger partial charge in [0.25, 0.3) is 0 Å². The Balaban J connectivity index is 3.15. The lowest BCUT2D eigenvalue weighted by molar-refractivity contribution is 1.34. The maximum absolute atomic E-state index is 5.66. The van der Waals surface area contributed by atoms with E-state index in [9.17, 15) is 0 Å². The molecule has 0 nitrogen and oxygen atoms in total. The van der Waals surface area contributed by atoms with Crippen LogP contribution in [0.15, 0.2) is 18.2 Å². The molecule has 0 unspecified atom stereocenters. The predicted octanol–water partition coefficient (Wildman–Crippen LogP) is 3.22. The number of aryl methyl sites for hydroxylation is 2. The average Bonchev–Trinajstić information content (AvgIpc) is 1.94. The van der Waals surface area contributed by atoms with Crippen molar-refractivity contribution in [2.24, 2.45) is 0 Å². The topological polar surface area (TPSA) is 0 Å². The second-order valence-corrected chi connectivity index (χ2v) is 3.58. The summed E-state index contributed by atoms with van der Waals surface area (Å²) in [5.41, 5.74) is 3.43. The molecular formula is C9H9ClS. The van der Waals surface area contributed by atoms with E-state index in [2.05, 4.69) is 6.92 Å². The second kappa shape index (κ2) is 3.33. The van der Waals surface area contributed by atoms with Crippen LogP contribution in [-0.4, -0.2) is 4.32 Å². The van der Waals surface area contributed by atoms with Gasteiger partial charge in [-0.2, -0.15) is 0 Å². The molecular weight excluding hydrogens is 176 g/mol. The largest absolute Gasteiger partial charge is 0.111 e. The minimum atomic E-state index is 0.438. The zero-order valence-electron chi connectivity index (χ0n) is 6.52. The lowest BCUT2D eigenvalue weighted by Gasteiger charge is -2.01. The second-order valence-electron chi connectivity index (χ2n) is 2.57. The molecule has 0 radical (unpaired) electrons. The summed E-state index contributed by atoms with van der Waals surface area (Å²) in [6, 6.07) is 5.97. The molecule has 0 aliphatic heterocycles. The first kappa shape index (κ1) is 8.69. The van der Waals surface area contributed by atoms with Crippen molar-refractivity contribution in [3.05, 3.63) is 34.9 Å². The van der Waals surface area contributed by atoms with Crippen molar-refractivity contribution in [3.8, 4) is 0 Å². The molecule has 0 bridgehead atoms. The SMILES string of the molecule is Cc1ccc(C(=S)Cl)cc1C.